The average molecular weight is 324 g/mol. The Balaban J connectivity index is 2.02. The Kier molecular flexibility index (Phi) is 5.83. The maximum Gasteiger partial charge on any atom is 0.251 e. The maximum absolute atomic E-state index is 12.3. The van der Waals surface area contributed by atoms with Crippen LogP contribution in [0.15, 0.2) is 24.3 Å². The lowest BCUT2D eigenvalue weighted by atomic mass is 9.95. The number of benzene rings is 1. The standard InChI is InChI=1S/C16H24N2O3S/c1-2-11-22(20,21)18-15-10-6-7-13(12-15)16(19)17-14-8-4-3-5-9-14/h6-7,10,12,14,18H,2-5,8-9,11H2,1H3,(H,17,19). The number of carbonyl (C=O) groups excluding carboxylic acids is 1. The molecule has 2 rings (SSSR count). The van der Waals surface area contributed by atoms with Crippen LogP contribution in [0.3, 0.4) is 0 Å². The number of sulfonamides is 1. The molecule has 1 aromatic rings. The van der Waals surface area contributed by atoms with Gasteiger partial charge in [0.05, 0.1) is 5.75 Å². The molecular weight excluding hydrogens is 300 g/mol. The van der Waals surface area contributed by atoms with Crippen LogP contribution in [-0.2, 0) is 10.0 Å². The van der Waals surface area contributed by atoms with Gasteiger partial charge in [0, 0.05) is 17.3 Å². The summed E-state index contributed by atoms with van der Waals surface area (Å²) in [5, 5.41) is 3.03. The monoisotopic (exact) mass is 324 g/mol. The molecule has 0 aromatic heterocycles. The van der Waals surface area contributed by atoms with Crippen LogP contribution in [0.25, 0.3) is 0 Å². The fourth-order valence-electron chi connectivity index (χ4n) is 2.74. The lowest BCUT2D eigenvalue weighted by Crippen LogP contribution is -2.36. The molecule has 1 fully saturated rings. The van der Waals surface area contributed by atoms with Crippen molar-refractivity contribution >= 4 is 21.6 Å². The second kappa shape index (κ2) is 7.63. The average Bonchev–Trinajstić information content (AvgIpc) is 2.48. The van der Waals surface area contributed by atoms with Crippen LogP contribution in [-0.4, -0.2) is 26.1 Å². The number of rotatable bonds is 6. The molecule has 0 spiro atoms. The third-order valence-electron chi connectivity index (χ3n) is 3.81. The Hall–Kier alpha value is -1.56. The number of anilines is 1. The molecule has 0 saturated heterocycles. The summed E-state index contributed by atoms with van der Waals surface area (Å²) in [5.41, 5.74) is 0.923. The largest absolute Gasteiger partial charge is 0.349 e. The molecule has 0 atom stereocenters. The van der Waals surface area contributed by atoms with Crippen LogP contribution < -0.4 is 10.0 Å². The Morgan fingerprint density at radius 2 is 1.95 bits per heavy atom. The van der Waals surface area contributed by atoms with Gasteiger partial charge in [-0.25, -0.2) is 8.42 Å². The normalized spacial score (nSPS) is 16.2. The highest BCUT2D eigenvalue weighted by Crippen LogP contribution is 2.18. The molecule has 1 aliphatic carbocycles. The SMILES string of the molecule is CCCS(=O)(=O)Nc1cccc(C(=O)NC2CCCCC2)c1. The van der Waals surface area contributed by atoms with E-state index in [0.29, 0.717) is 17.7 Å². The third-order valence-corrected chi connectivity index (χ3v) is 5.30. The van der Waals surface area contributed by atoms with Gasteiger partial charge >= 0.3 is 0 Å². The molecule has 1 aliphatic rings. The van der Waals surface area contributed by atoms with E-state index in [0.717, 1.165) is 25.7 Å². The summed E-state index contributed by atoms with van der Waals surface area (Å²) >= 11 is 0. The van der Waals surface area contributed by atoms with Gasteiger partial charge in [0.2, 0.25) is 10.0 Å². The molecule has 0 heterocycles. The van der Waals surface area contributed by atoms with Crippen molar-refractivity contribution in [1.29, 1.82) is 0 Å². The predicted octanol–water partition coefficient (Wildman–Crippen LogP) is 2.90. The quantitative estimate of drug-likeness (QED) is 0.845. The van der Waals surface area contributed by atoms with Crippen molar-refractivity contribution in [3.8, 4) is 0 Å². The minimum absolute atomic E-state index is 0.0749. The number of amides is 1. The van der Waals surface area contributed by atoms with Gasteiger partial charge in [-0.15, -0.1) is 0 Å². The minimum Gasteiger partial charge on any atom is -0.349 e. The smallest absolute Gasteiger partial charge is 0.251 e. The zero-order chi connectivity index (χ0) is 16.0. The summed E-state index contributed by atoms with van der Waals surface area (Å²) in [6.45, 7) is 1.81. The van der Waals surface area contributed by atoms with Crippen LogP contribution in [0.4, 0.5) is 5.69 Å². The van der Waals surface area contributed by atoms with Crippen molar-refractivity contribution < 1.29 is 13.2 Å². The molecule has 1 saturated carbocycles. The van der Waals surface area contributed by atoms with Crippen LogP contribution in [0.2, 0.25) is 0 Å². The number of nitrogens with one attached hydrogen (secondary N) is 2. The maximum atomic E-state index is 12.3. The molecule has 0 aliphatic heterocycles. The highest BCUT2D eigenvalue weighted by molar-refractivity contribution is 7.92. The van der Waals surface area contributed by atoms with E-state index in [1.54, 1.807) is 24.3 Å². The van der Waals surface area contributed by atoms with Gasteiger partial charge in [0.1, 0.15) is 0 Å². The number of hydrogen-bond acceptors (Lipinski definition) is 3. The zero-order valence-corrected chi connectivity index (χ0v) is 13.8. The van der Waals surface area contributed by atoms with E-state index in [1.165, 1.54) is 6.42 Å². The second-order valence-corrected chi connectivity index (χ2v) is 7.65. The fourth-order valence-corrected chi connectivity index (χ4v) is 3.86. The van der Waals surface area contributed by atoms with Crippen LogP contribution in [0, 0.1) is 0 Å². The van der Waals surface area contributed by atoms with Gasteiger partial charge < -0.3 is 5.32 Å². The Morgan fingerprint density at radius 3 is 2.64 bits per heavy atom. The van der Waals surface area contributed by atoms with E-state index >= 15 is 0 Å². The third kappa shape index (κ3) is 5.02. The Labute approximate surface area is 132 Å². The minimum atomic E-state index is -3.34. The predicted molar refractivity (Wildman–Crippen MR) is 88.5 cm³/mol. The summed E-state index contributed by atoms with van der Waals surface area (Å²) in [6.07, 6.45) is 6.14. The van der Waals surface area contributed by atoms with Gasteiger partial charge in [0.15, 0.2) is 0 Å². The van der Waals surface area contributed by atoms with Crippen LogP contribution in [0.5, 0.6) is 0 Å². The van der Waals surface area contributed by atoms with Crippen LogP contribution >= 0.6 is 0 Å². The second-order valence-electron chi connectivity index (χ2n) is 5.81. The van der Waals surface area contributed by atoms with E-state index in [4.69, 9.17) is 0 Å². The van der Waals surface area contributed by atoms with Crippen LogP contribution in [0.1, 0.15) is 55.8 Å². The van der Waals surface area contributed by atoms with Crippen molar-refractivity contribution in [3.63, 3.8) is 0 Å². The van der Waals surface area contributed by atoms with Gasteiger partial charge in [0.25, 0.3) is 5.91 Å². The number of carbonyl (C=O) groups is 1. The summed E-state index contributed by atoms with van der Waals surface area (Å²) in [6, 6.07) is 6.88. The van der Waals surface area contributed by atoms with Crippen molar-refractivity contribution in [3.05, 3.63) is 29.8 Å². The number of hydrogen-bond donors (Lipinski definition) is 2. The Bertz CT molecular complexity index is 608. The molecule has 5 nitrogen and oxygen atoms in total. The first-order chi connectivity index (χ1) is 10.5. The van der Waals surface area contributed by atoms with Crippen molar-refractivity contribution in [2.45, 2.75) is 51.5 Å². The first kappa shape index (κ1) is 16.8. The highest BCUT2D eigenvalue weighted by Gasteiger charge is 2.17. The molecule has 0 unspecified atom stereocenters. The van der Waals surface area contributed by atoms with E-state index in [-0.39, 0.29) is 17.7 Å². The molecule has 22 heavy (non-hydrogen) atoms. The Morgan fingerprint density at radius 1 is 1.23 bits per heavy atom. The molecule has 122 valence electrons. The summed E-state index contributed by atoms with van der Waals surface area (Å²) < 4.78 is 26.1. The van der Waals surface area contributed by atoms with E-state index in [1.807, 2.05) is 6.92 Å². The zero-order valence-electron chi connectivity index (χ0n) is 13.0. The van der Waals surface area contributed by atoms with E-state index < -0.39 is 10.0 Å². The summed E-state index contributed by atoms with van der Waals surface area (Å²) in [5.74, 6) is -0.0608. The molecular formula is C16H24N2O3S. The van der Waals surface area contributed by atoms with Crippen molar-refractivity contribution in [1.82, 2.24) is 5.32 Å². The van der Waals surface area contributed by atoms with Crippen molar-refractivity contribution in [2.75, 3.05) is 10.5 Å². The van der Waals surface area contributed by atoms with E-state index in [9.17, 15) is 13.2 Å². The van der Waals surface area contributed by atoms with Gasteiger partial charge in [-0.05, 0) is 37.5 Å². The van der Waals surface area contributed by atoms with Gasteiger partial charge in [-0.1, -0.05) is 32.3 Å². The summed E-state index contributed by atoms with van der Waals surface area (Å²) in [4.78, 5) is 12.3. The lowest BCUT2D eigenvalue weighted by Gasteiger charge is -2.22. The first-order valence-electron chi connectivity index (χ1n) is 7.91. The van der Waals surface area contributed by atoms with E-state index in [2.05, 4.69) is 10.0 Å². The molecule has 1 amide bonds. The lowest BCUT2D eigenvalue weighted by molar-refractivity contribution is 0.0927. The molecule has 2 N–H and O–H groups in total. The first-order valence-corrected chi connectivity index (χ1v) is 9.57. The van der Waals surface area contributed by atoms with Crippen molar-refractivity contribution in [2.24, 2.45) is 0 Å². The summed E-state index contributed by atoms with van der Waals surface area (Å²) in [7, 11) is -3.34. The topological polar surface area (TPSA) is 75.3 Å². The fraction of sp³-hybridized carbons (Fsp3) is 0.562. The van der Waals surface area contributed by atoms with Gasteiger partial charge in [-0.2, -0.15) is 0 Å². The highest BCUT2D eigenvalue weighted by atomic mass is 32.2. The van der Waals surface area contributed by atoms with Gasteiger partial charge in [-0.3, -0.25) is 9.52 Å². The molecule has 0 bridgehead atoms. The molecule has 0 radical (unpaired) electrons. The molecule has 6 heteroatoms. The molecule has 1 aromatic carbocycles.